The molecular weight excluding hydrogens is 268 g/mol. The molecule has 104 valence electrons. The molecule has 0 saturated heterocycles. The van der Waals surface area contributed by atoms with Crippen molar-refractivity contribution in [3.05, 3.63) is 22.7 Å². The van der Waals surface area contributed by atoms with E-state index in [1.54, 1.807) is 12.1 Å². The normalized spacial score (nSPS) is 9.89. The average molecular weight is 285 g/mol. The summed E-state index contributed by atoms with van der Waals surface area (Å²) in [6, 6.07) is 3.40. The van der Waals surface area contributed by atoms with Crippen LogP contribution in [0.5, 0.6) is 5.75 Å². The zero-order valence-corrected chi connectivity index (χ0v) is 11.9. The summed E-state index contributed by atoms with van der Waals surface area (Å²) in [4.78, 5) is 22.4. The zero-order valence-electron chi connectivity index (χ0n) is 11.2. The maximum atomic E-state index is 11.7. The van der Waals surface area contributed by atoms with Crippen molar-refractivity contribution in [3.8, 4) is 5.75 Å². The van der Waals surface area contributed by atoms with Crippen LogP contribution in [0.25, 0.3) is 0 Å². The molecule has 1 aromatic carbocycles. The van der Waals surface area contributed by atoms with Crippen molar-refractivity contribution in [3.63, 3.8) is 0 Å². The number of ether oxygens (including phenoxy) is 1. The second-order valence-corrected chi connectivity index (χ2v) is 4.49. The minimum absolute atomic E-state index is 0.160. The number of amides is 2. The summed E-state index contributed by atoms with van der Waals surface area (Å²) >= 11 is 5.98. The van der Waals surface area contributed by atoms with Gasteiger partial charge in [-0.25, -0.2) is 0 Å². The fourth-order valence-corrected chi connectivity index (χ4v) is 1.65. The van der Waals surface area contributed by atoms with Crippen LogP contribution in [0.2, 0.25) is 5.02 Å². The van der Waals surface area contributed by atoms with Gasteiger partial charge in [-0.15, -0.1) is 0 Å². The van der Waals surface area contributed by atoms with Crippen LogP contribution in [0.15, 0.2) is 12.1 Å². The Morgan fingerprint density at radius 2 is 2.05 bits per heavy atom. The lowest BCUT2D eigenvalue weighted by atomic mass is 10.2. The number of aryl methyl sites for hydroxylation is 1. The van der Waals surface area contributed by atoms with E-state index in [1.165, 1.54) is 14.0 Å². The van der Waals surface area contributed by atoms with E-state index in [2.05, 4.69) is 10.6 Å². The molecule has 0 radical (unpaired) electrons. The smallest absolute Gasteiger partial charge is 0.226 e. The molecular formula is C13H17ClN2O3. The first-order valence-electron chi connectivity index (χ1n) is 5.82. The van der Waals surface area contributed by atoms with Crippen LogP contribution >= 0.6 is 11.6 Å². The topological polar surface area (TPSA) is 67.4 Å². The highest BCUT2D eigenvalue weighted by Gasteiger charge is 2.10. The number of hydrogen-bond donors (Lipinski definition) is 2. The largest absolute Gasteiger partial charge is 0.495 e. The predicted octanol–water partition coefficient (Wildman–Crippen LogP) is 2.12. The van der Waals surface area contributed by atoms with Crippen molar-refractivity contribution >= 4 is 29.1 Å². The Kier molecular flexibility index (Phi) is 5.63. The molecule has 0 spiro atoms. The van der Waals surface area contributed by atoms with Crippen molar-refractivity contribution in [1.29, 1.82) is 0 Å². The van der Waals surface area contributed by atoms with Crippen molar-refractivity contribution in [2.24, 2.45) is 0 Å². The number of halogens is 1. The van der Waals surface area contributed by atoms with Gasteiger partial charge in [0.25, 0.3) is 0 Å². The minimum atomic E-state index is -0.200. The number of carbonyl (C=O) groups excluding carboxylic acids is 2. The number of benzene rings is 1. The lowest BCUT2D eigenvalue weighted by molar-refractivity contribution is -0.119. The Bertz CT molecular complexity index is 489. The molecule has 0 aromatic heterocycles. The monoisotopic (exact) mass is 284 g/mol. The summed E-state index contributed by atoms with van der Waals surface area (Å²) in [6.07, 6.45) is 0.199. The Balaban J connectivity index is 2.68. The van der Waals surface area contributed by atoms with Crippen LogP contribution in [-0.2, 0) is 9.59 Å². The number of anilines is 1. The van der Waals surface area contributed by atoms with Gasteiger partial charge in [0.05, 0.1) is 12.8 Å². The Morgan fingerprint density at radius 3 is 2.63 bits per heavy atom. The molecule has 5 nitrogen and oxygen atoms in total. The third kappa shape index (κ3) is 4.79. The van der Waals surface area contributed by atoms with Gasteiger partial charge in [0, 0.05) is 31.0 Å². The Morgan fingerprint density at radius 1 is 1.37 bits per heavy atom. The fraction of sp³-hybridized carbons (Fsp3) is 0.385. The molecule has 2 N–H and O–H groups in total. The van der Waals surface area contributed by atoms with E-state index >= 15 is 0 Å². The molecule has 6 heteroatoms. The van der Waals surface area contributed by atoms with Gasteiger partial charge >= 0.3 is 0 Å². The number of hydrogen-bond acceptors (Lipinski definition) is 3. The number of methoxy groups -OCH3 is 1. The van der Waals surface area contributed by atoms with E-state index < -0.39 is 0 Å². The van der Waals surface area contributed by atoms with Gasteiger partial charge in [-0.2, -0.15) is 0 Å². The van der Waals surface area contributed by atoms with Crippen molar-refractivity contribution in [2.75, 3.05) is 19.0 Å². The molecule has 19 heavy (non-hydrogen) atoms. The number of nitrogens with one attached hydrogen (secondary N) is 2. The van der Waals surface area contributed by atoms with Gasteiger partial charge in [-0.05, 0) is 18.6 Å². The molecule has 2 amide bonds. The summed E-state index contributed by atoms with van der Waals surface area (Å²) in [5.41, 5.74) is 1.41. The molecule has 0 bridgehead atoms. The van der Waals surface area contributed by atoms with E-state index in [0.29, 0.717) is 23.0 Å². The number of carbonyl (C=O) groups is 2. The van der Waals surface area contributed by atoms with Crippen molar-refractivity contribution in [2.45, 2.75) is 20.3 Å². The molecule has 0 aliphatic carbocycles. The van der Waals surface area contributed by atoms with Crippen LogP contribution in [0.1, 0.15) is 18.9 Å². The lowest BCUT2D eigenvalue weighted by Crippen LogP contribution is -2.25. The average Bonchev–Trinajstić information content (AvgIpc) is 2.33. The van der Waals surface area contributed by atoms with E-state index in [4.69, 9.17) is 16.3 Å². The summed E-state index contributed by atoms with van der Waals surface area (Å²) < 4.78 is 5.16. The first kappa shape index (κ1) is 15.3. The zero-order chi connectivity index (χ0) is 14.4. The Hall–Kier alpha value is -1.75. The van der Waals surface area contributed by atoms with Crippen molar-refractivity contribution < 1.29 is 14.3 Å². The number of rotatable bonds is 5. The highest BCUT2D eigenvalue weighted by atomic mass is 35.5. The highest BCUT2D eigenvalue weighted by molar-refractivity contribution is 6.31. The van der Waals surface area contributed by atoms with Gasteiger partial charge in [0.1, 0.15) is 5.75 Å². The van der Waals surface area contributed by atoms with Gasteiger partial charge in [0.2, 0.25) is 11.8 Å². The van der Waals surface area contributed by atoms with Gasteiger partial charge in [0.15, 0.2) is 0 Å². The van der Waals surface area contributed by atoms with Crippen LogP contribution in [-0.4, -0.2) is 25.5 Å². The molecule has 0 unspecified atom stereocenters. The highest BCUT2D eigenvalue weighted by Crippen LogP contribution is 2.30. The second kappa shape index (κ2) is 6.99. The summed E-state index contributed by atoms with van der Waals surface area (Å²) in [5, 5.41) is 5.87. The van der Waals surface area contributed by atoms with Gasteiger partial charge in [-0.1, -0.05) is 11.6 Å². The maximum absolute atomic E-state index is 11.7. The van der Waals surface area contributed by atoms with Crippen LogP contribution < -0.4 is 15.4 Å². The molecule has 0 atom stereocenters. The van der Waals surface area contributed by atoms with Crippen molar-refractivity contribution in [1.82, 2.24) is 5.32 Å². The first-order chi connectivity index (χ1) is 8.93. The second-order valence-electron chi connectivity index (χ2n) is 4.08. The molecule has 0 fully saturated rings. The van der Waals surface area contributed by atoms with E-state index in [0.717, 1.165) is 5.56 Å². The third-order valence-electron chi connectivity index (χ3n) is 2.48. The van der Waals surface area contributed by atoms with E-state index in [9.17, 15) is 9.59 Å². The predicted molar refractivity (Wildman–Crippen MR) is 74.7 cm³/mol. The first-order valence-corrected chi connectivity index (χ1v) is 6.20. The standard InChI is InChI=1S/C13H17ClN2O3/c1-8-6-11(12(19-3)7-10(8)14)16-13(18)4-5-15-9(2)17/h6-7H,4-5H2,1-3H3,(H,15,17)(H,16,18). The van der Waals surface area contributed by atoms with Crippen LogP contribution in [0.4, 0.5) is 5.69 Å². The van der Waals surface area contributed by atoms with Gasteiger partial charge < -0.3 is 15.4 Å². The molecule has 0 saturated carbocycles. The summed E-state index contributed by atoms with van der Waals surface area (Å²) in [7, 11) is 1.51. The van der Waals surface area contributed by atoms with Gasteiger partial charge in [-0.3, -0.25) is 9.59 Å². The summed E-state index contributed by atoms with van der Waals surface area (Å²) in [6.45, 7) is 3.55. The molecule has 0 heterocycles. The van der Waals surface area contributed by atoms with Crippen LogP contribution in [0.3, 0.4) is 0 Å². The van der Waals surface area contributed by atoms with E-state index in [-0.39, 0.29) is 18.2 Å². The summed E-state index contributed by atoms with van der Waals surface area (Å²) in [5.74, 6) is 0.143. The molecule has 0 aliphatic rings. The molecule has 1 aromatic rings. The van der Waals surface area contributed by atoms with Crippen LogP contribution in [0, 0.1) is 6.92 Å². The SMILES string of the molecule is COc1cc(Cl)c(C)cc1NC(=O)CCNC(C)=O. The molecule has 1 rings (SSSR count). The fourth-order valence-electron chi connectivity index (χ4n) is 1.49. The van der Waals surface area contributed by atoms with E-state index in [1.807, 2.05) is 6.92 Å². The Labute approximate surface area is 117 Å². The third-order valence-corrected chi connectivity index (χ3v) is 2.89. The minimum Gasteiger partial charge on any atom is -0.495 e. The lowest BCUT2D eigenvalue weighted by Gasteiger charge is -2.12. The maximum Gasteiger partial charge on any atom is 0.226 e. The quantitative estimate of drug-likeness (QED) is 0.870. The molecule has 0 aliphatic heterocycles.